The van der Waals surface area contributed by atoms with Gasteiger partial charge in [0.1, 0.15) is 24.0 Å². The van der Waals surface area contributed by atoms with E-state index in [4.69, 9.17) is 16.3 Å². The van der Waals surface area contributed by atoms with Crippen LogP contribution in [0.5, 0.6) is 5.75 Å². The minimum Gasteiger partial charge on any atom is -0.488 e. The van der Waals surface area contributed by atoms with E-state index in [2.05, 4.69) is 25.9 Å². The van der Waals surface area contributed by atoms with E-state index >= 15 is 0 Å². The molecule has 0 amide bonds. The summed E-state index contributed by atoms with van der Waals surface area (Å²) in [6.45, 7) is 0.0281. The Morgan fingerprint density at radius 2 is 1.92 bits per heavy atom. The van der Waals surface area contributed by atoms with Crippen molar-refractivity contribution in [2.45, 2.75) is 6.61 Å². The number of rotatable bonds is 4. The maximum absolute atomic E-state index is 14.0. The van der Waals surface area contributed by atoms with Gasteiger partial charge in [-0.15, -0.1) is 0 Å². The van der Waals surface area contributed by atoms with Crippen molar-refractivity contribution in [3.8, 4) is 17.1 Å². The van der Waals surface area contributed by atoms with Crippen LogP contribution in [0.15, 0.2) is 65.1 Å². The van der Waals surface area contributed by atoms with Gasteiger partial charge in [-0.25, -0.2) is 9.37 Å². The van der Waals surface area contributed by atoms with Crippen molar-refractivity contribution in [3.63, 3.8) is 0 Å². The lowest BCUT2D eigenvalue weighted by Crippen LogP contribution is -2.01. The predicted octanol–water partition coefficient (Wildman–Crippen LogP) is 6.36. The highest BCUT2D eigenvalue weighted by Gasteiger charge is 2.14. The summed E-state index contributed by atoms with van der Waals surface area (Å²) in [5.41, 5.74) is 2.91. The second-order valence-corrected chi connectivity index (χ2v) is 7.05. The largest absolute Gasteiger partial charge is 0.488 e. The molecule has 0 unspecified atom stereocenters. The third-order valence-corrected chi connectivity index (χ3v) is 4.87. The molecule has 0 bridgehead atoms. The van der Waals surface area contributed by atoms with E-state index in [9.17, 15) is 4.39 Å². The van der Waals surface area contributed by atoms with E-state index in [1.165, 1.54) is 6.07 Å². The van der Waals surface area contributed by atoms with Crippen molar-refractivity contribution in [1.82, 2.24) is 9.97 Å². The van der Waals surface area contributed by atoms with Crippen molar-refractivity contribution in [3.05, 3.63) is 81.5 Å². The number of imidazole rings is 1. The number of ether oxygens (including phenoxy) is 1. The first-order valence-corrected chi connectivity index (χ1v) is 9.09. The van der Waals surface area contributed by atoms with Crippen LogP contribution in [0.25, 0.3) is 22.4 Å². The molecular formula is C20H13BrClFN2O. The molecule has 0 aliphatic heterocycles. The molecule has 3 aromatic carbocycles. The van der Waals surface area contributed by atoms with Crippen LogP contribution < -0.4 is 4.74 Å². The van der Waals surface area contributed by atoms with Gasteiger partial charge in [0.05, 0.1) is 21.6 Å². The Kier molecular flexibility index (Phi) is 4.66. The normalized spacial score (nSPS) is 11.0. The summed E-state index contributed by atoms with van der Waals surface area (Å²) >= 11 is 9.56. The van der Waals surface area contributed by atoms with E-state index in [-0.39, 0.29) is 12.4 Å². The highest BCUT2D eigenvalue weighted by Crippen LogP contribution is 2.33. The number of hydrogen-bond donors (Lipinski definition) is 1. The van der Waals surface area contributed by atoms with Gasteiger partial charge in [0.25, 0.3) is 0 Å². The Hall–Kier alpha value is -2.37. The molecule has 0 saturated heterocycles. The smallest absolute Gasteiger partial charge is 0.142 e. The van der Waals surface area contributed by atoms with Gasteiger partial charge in [-0.3, -0.25) is 0 Å². The number of nitrogens with one attached hydrogen (secondary N) is 1. The Morgan fingerprint density at radius 1 is 1.08 bits per heavy atom. The van der Waals surface area contributed by atoms with Gasteiger partial charge in [-0.05, 0) is 42.5 Å². The van der Waals surface area contributed by atoms with Crippen LogP contribution in [-0.2, 0) is 6.61 Å². The molecule has 1 heterocycles. The molecule has 130 valence electrons. The summed E-state index contributed by atoms with van der Waals surface area (Å²) in [6, 6.07) is 18.0. The van der Waals surface area contributed by atoms with Crippen LogP contribution in [0.1, 0.15) is 5.56 Å². The standard InChI is InChI=1S/C20H13BrClFN2O/c21-12-8-9-19(26-11-14-15(22)4-3-5-16(14)23)13(10-12)20-24-17-6-1-2-7-18(17)25-20/h1-10H,11H2,(H,24,25). The molecule has 3 nitrogen and oxygen atoms in total. The average Bonchev–Trinajstić information content (AvgIpc) is 3.06. The van der Waals surface area contributed by atoms with Crippen LogP contribution in [0.4, 0.5) is 4.39 Å². The summed E-state index contributed by atoms with van der Waals surface area (Å²) in [4.78, 5) is 7.91. The fourth-order valence-electron chi connectivity index (χ4n) is 2.71. The number of aromatic amines is 1. The number of benzene rings is 3. The number of hydrogen-bond acceptors (Lipinski definition) is 2. The second kappa shape index (κ2) is 7.09. The molecule has 0 atom stereocenters. The van der Waals surface area contributed by atoms with Gasteiger partial charge in [-0.2, -0.15) is 0 Å². The summed E-state index contributed by atoms with van der Waals surface area (Å²) in [6.07, 6.45) is 0. The van der Waals surface area contributed by atoms with Crippen molar-refractivity contribution in [2.75, 3.05) is 0 Å². The van der Waals surface area contributed by atoms with Gasteiger partial charge in [0.15, 0.2) is 0 Å². The maximum atomic E-state index is 14.0. The van der Waals surface area contributed by atoms with E-state index in [0.717, 1.165) is 21.1 Å². The van der Waals surface area contributed by atoms with Gasteiger partial charge in [0.2, 0.25) is 0 Å². The average molecular weight is 432 g/mol. The van der Waals surface area contributed by atoms with Gasteiger partial charge in [-0.1, -0.05) is 45.7 Å². The minimum atomic E-state index is -0.389. The molecule has 0 aliphatic carbocycles. The SMILES string of the molecule is Fc1cccc(Cl)c1COc1ccc(Br)cc1-c1nc2ccccc2[nH]1. The van der Waals surface area contributed by atoms with Crippen molar-refractivity contribution < 1.29 is 9.13 Å². The molecular weight excluding hydrogens is 419 g/mol. The van der Waals surface area contributed by atoms with E-state index in [1.54, 1.807) is 12.1 Å². The third-order valence-electron chi connectivity index (χ3n) is 4.02. The highest BCUT2D eigenvalue weighted by molar-refractivity contribution is 9.10. The number of nitrogens with zero attached hydrogens (tertiary/aromatic N) is 1. The second-order valence-electron chi connectivity index (χ2n) is 5.73. The van der Waals surface area contributed by atoms with Crippen LogP contribution in [0.2, 0.25) is 5.02 Å². The Balaban J connectivity index is 1.71. The molecule has 0 saturated carbocycles. The molecule has 1 aromatic heterocycles. The summed E-state index contributed by atoms with van der Waals surface area (Å²) in [5, 5.41) is 0.340. The number of para-hydroxylation sites is 2. The number of fused-ring (bicyclic) bond motifs is 1. The van der Waals surface area contributed by atoms with Gasteiger partial charge in [0, 0.05) is 10.0 Å². The summed E-state index contributed by atoms with van der Waals surface area (Å²) in [5.74, 6) is 0.883. The van der Waals surface area contributed by atoms with E-state index in [0.29, 0.717) is 22.2 Å². The van der Waals surface area contributed by atoms with Crippen LogP contribution in [-0.4, -0.2) is 9.97 Å². The zero-order valence-electron chi connectivity index (χ0n) is 13.5. The first-order valence-electron chi connectivity index (χ1n) is 7.92. The molecule has 0 fully saturated rings. The predicted molar refractivity (Wildman–Crippen MR) is 105 cm³/mol. The molecule has 4 aromatic rings. The van der Waals surface area contributed by atoms with E-state index < -0.39 is 0 Å². The first kappa shape index (κ1) is 17.1. The Labute approximate surface area is 162 Å². The third kappa shape index (κ3) is 3.32. The maximum Gasteiger partial charge on any atom is 0.142 e. The van der Waals surface area contributed by atoms with Crippen molar-refractivity contribution >= 4 is 38.6 Å². The Bertz CT molecular complexity index is 1040. The van der Waals surface area contributed by atoms with Gasteiger partial charge >= 0.3 is 0 Å². The van der Waals surface area contributed by atoms with Crippen molar-refractivity contribution in [2.24, 2.45) is 0 Å². The first-order chi connectivity index (χ1) is 12.6. The zero-order valence-corrected chi connectivity index (χ0v) is 15.8. The van der Waals surface area contributed by atoms with Gasteiger partial charge < -0.3 is 9.72 Å². The molecule has 4 rings (SSSR count). The molecule has 0 radical (unpaired) electrons. The molecule has 26 heavy (non-hydrogen) atoms. The summed E-state index contributed by atoms with van der Waals surface area (Å²) in [7, 11) is 0. The van der Waals surface area contributed by atoms with E-state index in [1.807, 2.05) is 42.5 Å². The molecule has 0 spiro atoms. The quantitative estimate of drug-likeness (QED) is 0.408. The zero-order chi connectivity index (χ0) is 18.1. The lowest BCUT2D eigenvalue weighted by molar-refractivity contribution is 0.301. The van der Waals surface area contributed by atoms with Crippen LogP contribution in [0, 0.1) is 5.82 Å². The lowest BCUT2D eigenvalue weighted by Gasteiger charge is -2.12. The number of aromatic nitrogens is 2. The lowest BCUT2D eigenvalue weighted by atomic mass is 10.2. The topological polar surface area (TPSA) is 37.9 Å². The number of halogens is 3. The number of H-pyrrole nitrogens is 1. The monoisotopic (exact) mass is 430 g/mol. The fourth-order valence-corrected chi connectivity index (χ4v) is 3.29. The Morgan fingerprint density at radius 3 is 2.73 bits per heavy atom. The molecule has 6 heteroatoms. The van der Waals surface area contributed by atoms with Crippen LogP contribution >= 0.6 is 27.5 Å². The van der Waals surface area contributed by atoms with Crippen LogP contribution in [0.3, 0.4) is 0 Å². The highest BCUT2D eigenvalue weighted by atomic mass is 79.9. The molecule has 1 N–H and O–H groups in total. The van der Waals surface area contributed by atoms with Crippen molar-refractivity contribution in [1.29, 1.82) is 0 Å². The fraction of sp³-hybridized carbons (Fsp3) is 0.0500. The summed E-state index contributed by atoms with van der Waals surface area (Å²) < 4.78 is 20.8. The molecule has 0 aliphatic rings. The minimum absolute atomic E-state index is 0.0281.